The van der Waals surface area contributed by atoms with Gasteiger partial charge in [-0.1, -0.05) is 109 Å². The van der Waals surface area contributed by atoms with Crippen molar-refractivity contribution in [3.63, 3.8) is 0 Å². The Kier molecular flexibility index (Phi) is 7.83. The second-order valence-electron chi connectivity index (χ2n) is 13.9. The number of nitrogens with zero attached hydrogens (tertiary/aromatic N) is 4. The van der Waals surface area contributed by atoms with Crippen LogP contribution in [-0.4, -0.2) is 19.9 Å². The molecule has 11 aromatic rings. The Bertz CT molecular complexity index is 3110. The predicted octanol–water partition coefficient (Wildman–Crippen LogP) is 14.0. The summed E-state index contributed by atoms with van der Waals surface area (Å²) in [6.45, 7) is 0. The summed E-state index contributed by atoms with van der Waals surface area (Å²) in [4.78, 5) is 20.0. The molecule has 56 heavy (non-hydrogen) atoms. The van der Waals surface area contributed by atoms with Crippen LogP contribution in [0.3, 0.4) is 0 Å². The fourth-order valence-corrected chi connectivity index (χ4v) is 9.75. The zero-order chi connectivity index (χ0) is 37.0. The number of hydrogen-bond acceptors (Lipinski definition) is 6. The molecule has 0 atom stereocenters. The molecule has 0 radical (unpaired) electrons. The van der Waals surface area contributed by atoms with Crippen molar-refractivity contribution in [1.29, 1.82) is 0 Å². The molecular formula is C50H30N4S2. The molecule has 262 valence electrons. The van der Waals surface area contributed by atoms with Crippen LogP contribution in [0.15, 0.2) is 182 Å². The Morgan fingerprint density at radius 3 is 1.30 bits per heavy atom. The van der Waals surface area contributed by atoms with Gasteiger partial charge in [0.25, 0.3) is 0 Å². The first-order valence-electron chi connectivity index (χ1n) is 18.5. The van der Waals surface area contributed by atoms with Gasteiger partial charge in [0.15, 0.2) is 17.5 Å². The van der Waals surface area contributed by atoms with Crippen LogP contribution in [0.5, 0.6) is 0 Å². The SMILES string of the molecule is c1ccc(-c2nc(-c3ccc(-c4ccccn4)cc3)nc(-c3cc(-c4ccc5sc6ccccc6c5c4)cc(-c4ccc5sc6ccccc6c5c4)c3)n2)cc1. The molecule has 0 aliphatic rings. The van der Waals surface area contributed by atoms with Gasteiger partial charge in [0, 0.05) is 68.8 Å². The standard InChI is InChI=1S/C50H30N4S2/c1-2-10-32(11-3-1)48-52-49(33-19-17-31(18-20-33)43-14-8-9-25-51-43)54-50(53-48)38-27-36(34-21-23-46-41(29-34)39-12-4-6-15-44(39)55-46)26-37(28-38)35-22-24-47-42(30-35)40-13-5-7-16-45(40)56-47/h1-30H. The van der Waals surface area contributed by atoms with E-state index in [0.29, 0.717) is 17.5 Å². The molecule has 0 bridgehead atoms. The van der Waals surface area contributed by atoms with E-state index < -0.39 is 0 Å². The highest BCUT2D eigenvalue weighted by atomic mass is 32.1. The third kappa shape index (κ3) is 5.84. The number of aromatic nitrogens is 4. The van der Waals surface area contributed by atoms with E-state index in [0.717, 1.165) is 50.2 Å². The van der Waals surface area contributed by atoms with Crippen molar-refractivity contribution < 1.29 is 0 Å². The summed E-state index contributed by atoms with van der Waals surface area (Å²) in [6, 6.07) is 62.2. The molecule has 0 aliphatic heterocycles. The van der Waals surface area contributed by atoms with Gasteiger partial charge in [0.2, 0.25) is 0 Å². The molecule has 4 aromatic heterocycles. The maximum atomic E-state index is 5.20. The van der Waals surface area contributed by atoms with Gasteiger partial charge >= 0.3 is 0 Å². The zero-order valence-corrected chi connectivity index (χ0v) is 31.6. The molecule has 7 aromatic carbocycles. The van der Waals surface area contributed by atoms with E-state index in [1.165, 1.54) is 40.3 Å². The molecule has 4 heterocycles. The lowest BCUT2D eigenvalue weighted by Gasteiger charge is -2.13. The lowest BCUT2D eigenvalue weighted by atomic mass is 9.94. The monoisotopic (exact) mass is 750 g/mol. The molecule has 4 nitrogen and oxygen atoms in total. The van der Waals surface area contributed by atoms with Gasteiger partial charge in [-0.3, -0.25) is 4.98 Å². The van der Waals surface area contributed by atoms with Gasteiger partial charge < -0.3 is 0 Å². The van der Waals surface area contributed by atoms with Crippen molar-refractivity contribution >= 4 is 63.0 Å². The van der Waals surface area contributed by atoms with Gasteiger partial charge in [-0.25, -0.2) is 15.0 Å². The van der Waals surface area contributed by atoms with Crippen LogP contribution in [-0.2, 0) is 0 Å². The number of benzene rings is 7. The highest BCUT2D eigenvalue weighted by molar-refractivity contribution is 7.26. The minimum atomic E-state index is 0.616. The van der Waals surface area contributed by atoms with Gasteiger partial charge in [-0.15, -0.1) is 22.7 Å². The van der Waals surface area contributed by atoms with Gasteiger partial charge in [-0.2, -0.15) is 0 Å². The zero-order valence-electron chi connectivity index (χ0n) is 29.9. The Morgan fingerprint density at radius 1 is 0.286 bits per heavy atom. The smallest absolute Gasteiger partial charge is 0.164 e. The van der Waals surface area contributed by atoms with Crippen LogP contribution in [0, 0.1) is 0 Å². The highest BCUT2D eigenvalue weighted by Crippen LogP contribution is 2.41. The fourth-order valence-electron chi connectivity index (χ4n) is 7.58. The van der Waals surface area contributed by atoms with Crippen molar-refractivity contribution in [2.45, 2.75) is 0 Å². The number of hydrogen-bond donors (Lipinski definition) is 0. The number of pyridine rings is 1. The Hall–Kier alpha value is -6.86. The summed E-state index contributed by atoms with van der Waals surface area (Å²) < 4.78 is 5.16. The fraction of sp³-hybridized carbons (Fsp3) is 0. The van der Waals surface area contributed by atoms with Crippen LogP contribution < -0.4 is 0 Å². The van der Waals surface area contributed by atoms with Crippen LogP contribution in [0.4, 0.5) is 0 Å². The second kappa shape index (κ2) is 13.5. The largest absolute Gasteiger partial charge is 0.256 e. The third-order valence-corrected chi connectivity index (χ3v) is 12.7. The Balaban J connectivity index is 1.11. The van der Waals surface area contributed by atoms with E-state index in [1.54, 1.807) is 0 Å². The third-order valence-electron chi connectivity index (χ3n) is 10.4. The highest BCUT2D eigenvalue weighted by Gasteiger charge is 2.17. The van der Waals surface area contributed by atoms with Crippen LogP contribution in [0.2, 0.25) is 0 Å². The number of thiophene rings is 2. The van der Waals surface area contributed by atoms with Crippen molar-refractivity contribution in [1.82, 2.24) is 19.9 Å². The molecular weight excluding hydrogens is 721 g/mol. The lowest BCUT2D eigenvalue weighted by Crippen LogP contribution is -2.00. The van der Waals surface area contributed by atoms with Crippen molar-refractivity contribution in [3.8, 4) is 67.7 Å². The minimum Gasteiger partial charge on any atom is -0.256 e. The Morgan fingerprint density at radius 2 is 0.732 bits per heavy atom. The first kappa shape index (κ1) is 32.6. The lowest BCUT2D eigenvalue weighted by molar-refractivity contribution is 1.07. The minimum absolute atomic E-state index is 0.616. The van der Waals surface area contributed by atoms with E-state index >= 15 is 0 Å². The van der Waals surface area contributed by atoms with E-state index in [9.17, 15) is 0 Å². The molecule has 0 saturated carbocycles. The summed E-state index contributed by atoms with van der Waals surface area (Å²) >= 11 is 3.67. The van der Waals surface area contributed by atoms with E-state index in [1.807, 2.05) is 65.3 Å². The van der Waals surface area contributed by atoms with Crippen molar-refractivity contribution in [3.05, 3.63) is 182 Å². The molecule has 0 unspecified atom stereocenters. The first-order valence-corrected chi connectivity index (χ1v) is 20.2. The van der Waals surface area contributed by atoms with Crippen molar-refractivity contribution in [2.75, 3.05) is 0 Å². The second-order valence-corrected chi connectivity index (χ2v) is 16.0. The maximum absolute atomic E-state index is 5.20. The van der Waals surface area contributed by atoms with Gasteiger partial charge in [0.05, 0.1) is 5.69 Å². The average Bonchev–Trinajstić information content (AvgIpc) is 3.84. The summed E-state index contributed by atoms with van der Waals surface area (Å²) in [5.41, 5.74) is 9.23. The van der Waals surface area contributed by atoms with E-state index in [4.69, 9.17) is 15.0 Å². The maximum Gasteiger partial charge on any atom is 0.164 e. The first-order chi connectivity index (χ1) is 27.7. The molecule has 0 amide bonds. The molecule has 0 fully saturated rings. The molecule has 0 N–H and O–H groups in total. The number of rotatable bonds is 6. The van der Waals surface area contributed by atoms with Gasteiger partial charge in [-0.05, 0) is 89.0 Å². The molecule has 0 spiro atoms. The average molecular weight is 751 g/mol. The summed E-state index contributed by atoms with van der Waals surface area (Å²) in [7, 11) is 0. The predicted molar refractivity (Wildman–Crippen MR) is 236 cm³/mol. The Labute approximate surface area is 331 Å². The van der Waals surface area contributed by atoms with E-state index in [2.05, 4.69) is 145 Å². The van der Waals surface area contributed by atoms with Gasteiger partial charge in [0.1, 0.15) is 0 Å². The molecule has 0 saturated heterocycles. The topological polar surface area (TPSA) is 51.6 Å². The van der Waals surface area contributed by atoms with Crippen LogP contribution in [0.1, 0.15) is 0 Å². The normalized spacial score (nSPS) is 11.6. The van der Waals surface area contributed by atoms with Crippen molar-refractivity contribution in [2.24, 2.45) is 0 Å². The van der Waals surface area contributed by atoms with E-state index in [-0.39, 0.29) is 0 Å². The van der Waals surface area contributed by atoms with Crippen LogP contribution >= 0.6 is 22.7 Å². The molecule has 11 rings (SSSR count). The summed E-state index contributed by atoms with van der Waals surface area (Å²) in [5, 5.41) is 5.10. The quantitative estimate of drug-likeness (QED) is 0.170. The molecule has 0 aliphatic carbocycles. The molecule has 6 heteroatoms. The van der Waals surface area contributed by atoms with Crippen LogP contribution in [0.25, 0.3) is 108 Å². The number of fused-ring (bicyclic) bond motifs is 6. The summed E-state index contributed by atoms with van der Waals surface area (Å²) in [5.74, 6) is 1.87. The summed E-state index contributed by atoms with van der Waals surface area (Å²) in [6.07, 6.45) is 1.82.